The van der Waals surface area contributed by atoms with Crippen molar-refractivity contribution in [1.29, 1.82) is 5.26 Å². The molecule has 0 saturated heterocycles. The number of rotatable bonds is 6. The van der Waals surface area contributed by atoms with Crippen LogP contribution >= 0.6 is 11.3 Å². The lowest BCUT2D eigenvalue weighted by Crippen LogP contribution is -2.47. The van der Waals surface area contributed by atoms with Crippen molar-refractivity contribution in [2.24, 2.45) is 0 Å². The number of nitrogens with zero attached hydrogens (tertiary/aromatic N) is 2. The number of amides is 1. The molecule has 1 N–H and O–H groups in total. The summed E-state index contributed by atoms with van der Waals surface area (Å²) in [5.41, 5.74) is 2.98. The van der Waals surface area contributed by atoms with Crippen LogP contribution in [-0.4, -0.2) is 23.4 Å². The van der Waals surface area contributed by atoms with E-state index in [1.54, 1.807) is 17.4 Å². The van der Waals surface area contributed by atoms with Crippen LogP contribution in [0.4, 0.5) is 0 Å². The molecule has 3 rings (SSSR count). The summed E-state index contributed by atoms with van der Waals surface area (Å²) in [6.07, 6.45) is 2.74. The SMILES string of the molecule is CCCC(NCc1cccc(C#N)c1)C(=O)N1CCc2sccc2C1. The fraction of sp³-hybridized carbons (Fsp3) is 0.400. The van der Waals surface area contributed by atoms with Crippen LogP contribution in [0.25, 0.3) is 0 Å². The van der Waals surface area contributed by atoms with Crippen molar-refractivity contribution < 1.29 is 4.79 Å². The Bertz CT molecular complexity index is 777. The van der Waals surface area contributed by atoms with Crippen LogP contribution in [0, 0.1) is 11.3 Å². The predicted octanol–water partition coefficient (Wildman–Crippen LogP) is 3.46. The molecule has 0 fully saturated rings. The second-order valence-electron chi connectivity index (χ2n) is 6.41. The number of fused-ring (bicyclic) bond motifs is 1. The molecule has 1 amide bonds. The van der Waals surface area contributed by atoms with Gasteiger partial charge in [0.05, 0.1) is 17.7 Å². The van der Waals surface area contributed by atoms with Gasteiger partial charge >= 0.3 is 0 Å². The second kappa shape index (κ2) is 8.28. The maximum absolute atomic E-state index is 13.0. The van der Waals surface area contributed by atoms with Gasteiger partial charge in [-0.05, 0) is 47.5 Å². The zero-order chi connectivity index (χ0) is 17.6. The minimum atomic E-state index is -0.170. The largest absolute Gasteiger partial charge is 0.337 e. The summed E-state index contributed by atoms with van der Waals surface area (Å²) < 4.78 is 0. The number of hydrogen-bond donors (Lipinski definition) is 1. The van der Waals surface area contributed by atoms with Gasteiger partial charge in [-0.1, -0.05) is 25.5 Å². The highest BCUT2D eigenvalue weighted by Crippen LogP contribution is 2.24. The van der Waals surface area contributed by atoms with Gasteiger partial charge in [0.25, 0.3) is 0 Å². The Labute approximate surface area is 153 Å². The quantitative estimate of drug-likeness (QED) is 0.865. The molecule has 1 aliphatic rings. The average molecular weight is 353 g/mol. The molecule has 25 heavy (non-hydrogen) atoms. The summed E-state index contributed by atoms with van der Waals surface area (Å²) >= 11 is 1.79. The fourth-order valence-electron chi connectivity index (χ4n) is 3.25. The molecule has 0 saturated carbocycles. The highest BCUT2D eigenvalue weighted by Gasteiger charge is 2.27. The zero-order valence-corrected chi connectivity index (χ0v) is 15.3. The Morgan fingerprint density at radius 3 is 3.12 bits per heavy atom. The molecule has 130 valence electrons. The van der Waals surface area contributed by atoms with Crippen molar-refractivity contribution in [3.8, 4) is 6.07 Å². The third-order valence-electron chi connectivity index (χ3n) is 4.60. The molecular weight excluding hydrogens is 330 g/mol. The Balaban J connectivity index is 1.64. The zero-order valence-electron chi connectivity index (χ0n) is 14.5. The van der Waals surface area contributed by atoms with Crippen LogP contribution in [0.1, 0.15) is 41.3 Å². The van der Waals surface area contributed by atoms with Gasteiger partial charge in [-0.25, -0.2) is 0 Å². The highest BCUT2D eigenvalue weighted by atomic mass is 32.1. The van der Waals surface area contributed by atoms with Crippen LogP contribution in [0.15, 0.2) is 35.7 Å². The Kier molecular flexibility index (Phi) is 5.85. The van der Waals surface area contributed by atoms with E-state index >= 15 is 0 Å². The Hall–Kier alpha value is -2.16. The van der Waals surface area contributed by atoms with E-state index < -0.39 is 0 Å². The first-order chi connectivity index (χ1) is 12.2. The standard InChI is InChI=1S/C20H23N3OS/c1-2-4-18(22-13-16-6-3-5-15(11-16)12-21)20(24)23-9-7-19-17(14-23)8-10-25-19/h3,5-6,8,10-11,18,22H,2,4,7,9,13-14H2,1H3. The summed E-state index contributed by atoms with van der Waals surface area (Å²) in [6.45, 7) is 4.23. The number of thiophene rings is 1. The first kappa shape index (κ1) is 17.7. The summed E-state index contributed by atoms with van der Waals surface area (Å²) in [6, 6.07) is 11.7. The lowest BCUT2D eigenvalue weighted by atomic mass is 10.1. The molecule has 1 unspecified atom stereocenters. The number of carbonyl (C=O) groups is 1. The first-order valence-corrected chi connectivity index (χ1v) is 9.65. The molecule has 2 heterocycles. The molecular formula is C20H23N3OS. The molecule has 0 radical (unpaired) electrons. The topological polar surface area (TPSA) is 56.1 Å². The van der Waals surface area contributed by atoms with E-state index in [4.69, 9.17) is 5.26 Å². The summed E-state index contributed by atoms with van der Waals surface area (Å²) in [7, 11) is 0. The predicted molar refractivity (Wildman–Crippen MR) is 100 cm³/mol. The van der Waals surface area contributed by atoms with E-state index in [-0.39, 0.29) is 11.9 Å². The van der Waals surface area contributed by atoms with E-state index in [0.717, 1.165) is 37.9 Å². The van der Waals surface area contributed by atoms with Crippen LogP contribution in [-0.2, 0) is 24.3 Å². The lowest BCUT2D eigenvalue weighted by Gasteiger charge is -2.31. The number of nitriles is 1. The summed E-state index contributed by atoms with van der Waals surface area (Å²) in [5, 5.41) is 14.5. The number of carbonyl (C=O) groups excluding carboxylic acids is 1. The minimum absolute atomic E-state index is 0.170. The van der Waals surface area contributed by atoms with Gasteiger partial charge in [-0.3, -0.25) is 4.79 Å². The lowest BCUT2D eigenvalue weighted by molar-refractivity contribution is -0.134. The molecule has 2 aromatic rings. The molecule has 1 aromatic carbocycles. The van der Waals surface area contributed by atoms with Crippen molar-refractivity contribution in [1.82, 2.24) is 10.2 Å². The summed E-state index contributed by atoms with van der Waals surface area (Å²) in [4.78, 5) is 16.4. The fourth-order valence-corrected chi connectivity index (χ4v) is 4.14. The van der Waals surface area contributed by atoms with Gasteiger partial charge in [0.1, 0.15) is 0 Å². The maximum Gasteiger partial charge on any atom is 0.240 e. The van der Waals surface area contributed by atoms with Gasteiger partial charge in [0.2, 0.25) is 5.91 Å². The summed E-state index contributed by atoms with van der Waals surface area (Å²) in [5.74, 6) is 0.190. The molecule has 1 aromatic heterocycles. The molecule has 1 aliphatic heterocycles. The smallest absolute Gasteiger partial charge is 0.240 e. The Morgan fingerprint density at radius 2 is 2.32 bits per heavy atom. The molecule has 4 nitrogen and oxygen atoms in total. The number of benzene rings is 1. The van der Waals surface area contributed by atoms with Gasteiger partial charge in [-0.2, -0.15) is 5.26 Å². The van der Waals surface area contributed by atoms with E-state index in [9.17, 15) is 4.79 Å². The van der Waals surface area contributed by atoms with Crippen LogP contribution in [0.3, 0.4) is 0 Å². The van der Waals surface area contributed by atoms with Crippen molar-refractivity contribution in [2.75, 3.05) is 6.54 Å². The molecule has 0 spiro atoms. The molecule has 5 heteroatoms. The van der Waals surface area contributed by atoms with Crippen molar-refractivity contribution in [3.63, 3.8) is 0 Å². The van der Waals surface area contributed by atoms with Gasteiger partial charge in [0.15, 0.2) is 0 Å². The molecule has 0 aliphatic carbocycles. The average Bonchev–Trinajstić information content (AvgIpc) is 3.12. The Morgan fingerprint density at radius 1 is 1.44 bits per heavy atom. The first-order valence-electron chi connectivity index (χ1n) is 8.77. The monoisotopic (exact) mass is 353 g/mol. The third kappa shape index (κ3) is 4.28. The van der Waals surface area contributed by atoms with Gasteiger partial charge in [0, 0.05) is 24.5 Å². The van der Waals surface area contributed by atoms with Crippen molar-refractivity contribution in [2.45, 2.75) is 45.3 Å². The molecule has 0 bridgehead atoms. The van der Waals surface area contributed by atoms with E-state index in [1.807, 2.05) is 23.1 Å². The van der Waals surface area contributed by atoms with Gasteiger partial charge in [-0.15, -0.1) is 11.3 Å². The van der Waals surface area contributed by atoms with Crippen LogP contribution < -0.4 is 5.32 Å². The van der Waals surface area contributed by atoms with E-state index in [1.165, 1.54) is 10.4 Å². The van der Waals surface area contributed by atoms with Crippen LogP contribution in [0.2, 0.25) is 0 Å². The molecule has 1 atom stereocenters. The van der Waals surface area contributed by atoms with E-state index in [0.29, 0.717) is 12.1 Å². The maximum atomic E-state index is 13.0. The highest BCUT2D eigenvalue weighted by molar-refractivity contribution is 7.10. The second-order valence-corrected chi connectivity index (χ2v) is 7.41. The van der Waals surface area contributed by atoms with E-state index in [2.05, 4.69) is 29.8 Å². The third-order valence-corrected chi connectivity index (χ3v) is 5.63. The number of hydrogen-bond acceptors (Lipinski definition) is 4. The normalized spacial score (nSPS) is 14.6. The van der Waals surface area contributed by atoms with Crippen molar-refractivity contribution in [3.05, 3.63) is 57.3 Å². The number of nitrogens with one attached hydrogen (secondary N) is 1. The van der Waals surface area contributed by atoms with Crippen molar-refractivity contribution >= 4 is 17.2 Å². The minimum Gasteiger partial charge on any atom is -0.337 e. The van der Waals surface area contributed by atoms with Crippen LogP contribution in [0.5, 0.6) is 0 Å². The van der Waals surface area contributed by atoms with Gasteiger partial charge < -0.3 is 10.2 Å².